The molecular formula is C11H7N5O2. The molecule has 7 heteroatoms. The van der Waals surface area contributed by atoms with Crippen molar-refractivity contribution in [2.75, 3.05) is 0 Å². The van der Waals surface area contributed by atoms with E-state index >= 15 is 0 Å². The first-order chi connectivity index (χ1) is 8.75. The van der Waals surface area contributed by atoms with Gasteiger partial charge in [0.05, 0.1) is 4.92 Å². The zero-order valence-corrected chi connectivity index (χ0v) is 9.09. The van der Waals surface area contributed by atoms with Crippen molar-refractivity contribution in [2.24, 2.45) is 0 Å². The third-order valence-electron chi connectivity index (χ3n) is 2.48. The van der Waals surface area contributed by atoms with Crippen LogP contribution in [0.1, 0.15) is 0 Å². The number of hydrogen-bond acceptors (Lipinski definition) is 5. The Labute approximate surface area is 101 Å². The molecule has 0 aliphatic carbocycles. The largest absolute Gasteiger partial charge is 0.313 e. The van der Waals surface area contributed by atoms with E-state index in [0.717, 1.165) is 5.56 Å². The maximum atomic E-state index is 10.9. The lowest BCUT2D eigenvalue weighted by Crippen LogP contribution is -1.93. The van der Waals surface area contributed by atoms with E-state index in [1.807, 2.05) is 0 Å². The van der Waals surface area contributed by atoms with Crippen LogP contribution in [0, 0.1) is 10.1 Å². The van der Waals surface area contributed by atoms with Gasteiger partial charge in [-0.05, 0) is 18.2 Å². The van der Waals surface area contributed by atoms with Crippen LogP contribution < -0.4 is 0 Å². The van der Waals surface area contributed by atoms with Crippen LogP contribution in [0.2, 0.25) is 0 Å². The molecule has 0 aliphatic heterocycles. The van der Waals surface area contributed by atoms with Crippen LogP contribution in [0.3, 0.4) is 0 Å². The smallest absolute Gasteiger partial charge is 0.265 e. The standard InChI is InChI=1S/C11H7N5O2/c17-16(18)9-2-1-7-15-11(9)13-10(14-15)8-3-5-12-6-4-8/h1-7H. The summed E-state index contributed by atoms with van der Waals surface area (Å²) in [6.45, 7) is 0. The molecule has 3 heterocycles. The molecule has 3 aromatic rings. The van der Waals surface area contributed by atoms with Gasteiger partial charge in [-0.25, -0.2) is 9.50 Å². The average Bonchev–Trinajstić information content (AvgIpc) is 2.83. The van der Waals surface area contributed by atoms with Crippen molar-refractivity contribution in [3.8, 4) is 11.4 Å². The summed E-state index contributed by atoms with van der Waals surface area (Å²) >= 11 is 0. The Balaban J connectivity index is 2.23. The van der Waals surface area contributed by atoms with E-state index in [2.05, 4.69) is 15.1 Å². The van der Waals surface area contributed by atoms with Crippen LogP contribution >= 0.6 is 0 Å². The van der Waals surface area contributed by atoms with Crippen LogP contribution in [-0.4, -0.2) is 24.5 Å². The van der Waals surface area contributed by atoms with Crippen molar-refractivity contribution in [3.63, 3.8) is 0 Å². The van der Waals surface area contributed by atoms with Crippen molar-refractivity contribution in [2.45, 2.75) is 0 Å². The molecule has 0 aromatic carbocycles. The van der Waals surface area contributed by atoms with E-state index in [-0.39, 0.29) is 11.3 Å². The van der Waals surface area contributed by atoms with Crippen molar-refractivity contribution in [3.05, 3.63) is 53.0 Å². The third kappa shape index (κ3) is 1.58. The molecule has 7 nitrogen and oxygen atoms in total. The predicted molar refractivity (Wildman–Crippen MR) is 62.9 cm³/mol. The van der Waals surface area contributed by atoms with Crippen molar-refractivity contribution >= 4 is 11.3 Å². The minimum absolute atomic E-state index is 0.0645. The highest BCUT2D eigenvalue weighted by molar-refractivity contribution is 5.64. The Morgan fingerprint density at radius 1 is 1.22 bits per heavy atom. The lowest BCUT2D eigenvalue weighted by Gasteiger charge is -1.91. The molecule has 0 unspecified atom stereocenters. The monoisotopic (exact) mass is 241 g/mol. The van der Waals surface area contributed by atoms with E-state index < -0.39 is 4.92 Å². The van der Waals surface area contributed by atoms with Crippen LogP contribution in [0.5, 0.6) is 0 Å². The summed E-state index contributed by atoms with van der Waals surface area (Å²) in [5.74, 6) is 0.437. The minimum atomic E-state index is -0.472. The zero-order chi connectivity index (χ0) is 12.5. The Kier molecular flexibility index (Phi) is 2.23. The van der Waals surface area contributed by atoms with Crippen LogP contribution in [-0.2, 0) is 0 Å². The molecule has 18 heavy (non-hydrogen) atoms. The lowest BCUT2D eigenvalue weighted by molar-refractivity contribution is -0.383. The molecule has 0 N–H and O–H groups in total. The summed E-state index contributed by atoms with van der Waals surface area (Å²) in [6.07, 6.45) is 4.87. The van der Waals surface area contributed by atoms with E-state index in [0.29, 0.717) is 5.82 Å². The Bertz CT molecular complexity index is 723. The van der Waals surface area contributed by atoms with Crippen molar-refractivity contribution < 1.29 is 4.92 Å². The van der Waals surface area contributed by atoms with Gasteiger partial charge in [-0.2, -0.15) is 0 Å². The summed E-state index contributed by atoms with van der Waals surface area (Å²) in [6, 6.07) is 6.47. The van der Waals surface area contributed by atoms with E-state index in [9.17, 15) is 10.1 Å². The van der Waals surface area contributed by atoms with Gasteiger partial charge < -0.3 is 0 Å². The second-order valence-corrected chi connectivity index (χ2v) is 3.59. The molecule has 0 spiro atoms. The number of nitro groups is 1. The lowest BCUT2D eigenvalue weighted by atomic mass is 10.2. The summed E-state index contributed by atoms with van der Waals surface area (Å²) in [5.41, 5.74) is 0.933. The Hall–Kier alpha value is -2.83. The second-order valence-electron chi connectivity index (χ2n) is 3.59. The van der Waals surface area contributed by atoms with Gasteiger partial charge in [0.2, 0.25) is 5.65 Å². The Morgan fingerprint density at radius 2 is 2.00 bits per heavy atom. The molecule has 0 radical (unpaired) electrons. The van der Waals surface area contributed by atoms with Gasteiger partial charge in [0.15, 0.2) is 5.82 Å². The van der Waals surface area contributed by atoms with Gasteiger partial charge in [-0.3, -0.25) is 15.1 Å². The number of hydrogen-bond donors (Lipinski definition) is 0. The normalized spacial score (nSPS) is 10.7. The molecule has 0 amide bonds. The fraction of sp³-hybridized carbons (Fsp3) is 0. The Morgan fingerprint density at radius 3 is 2.72 bits per heavy atom. The molecule has 0 saturated carbocycles. The van der Waals surface area contributed by atoms with Gasteiger partial charge in [0, 0.05) is 30.2 Å². The molecule has 0 fully saturated rings. The minimum Gasteiger partial charge on any atom is -0.265 e. The first-order valence-electron chi connectivity index (χ1n) is 5.16. The molecule has 0 bridgehead atoms. The summed E-state index contributed by atoms with van der Waals surface area (Å²) in [5, 5.41) is 15.1. The molecule has 0 saturated heterocycles. The molecular weight excluding hydrogens is 234 g/mol. The van der Waals surface area contributed by atoms with Crippen LogP contribution in [0.15, 0.2) is 42.9 Å². The van der Waals surface area contributed by atoms with Gasteiger partial charge in [0.1, 0.15) is 0 Å². The first kappa shape index (κ1) is 10.3. The number of fused-ring (bicyclic) bond motifs is 1. The molecule has 88 valence electrons. The second kappa shape index (κ2) is 3.88. The van der Waals surface area contributed by atoms with E-state index in [1.165, 1.54) is 10.6 Å². The summed E-state index contributed by atoms with van der Waals surface area (Å²) < 4.78 is 1.40. The van der Waals surface area contributed by atoms with E-state index in [1.54, 1.807) is 36.8 Å². The van der Waals surface area contributed by atoms with Gasteiger partial charge in [-0.15, -0.1) is 5.10 Å². The van der Waals surface area contributed by atoms with E-state index in [4.69, 9.17) is 0 Å². The quantitative estimate of drug-likeness (QED) is 0.503. The summed E-state index contributed by atoms with van der Waals surface area (Å²) in [4.78, 5) is 18.5. The highest BCUT2D eigenvalue weighted by atomic mass is 16.6. The maximum absolute atomic E-state index is 10.9. The highest BCUT2D eigenvalue weighted by Crippen LogP contribution is 2.21. The van der Waals surface area contributed by atoms with Crippen molar-refractivity contribution in [1.82, 2.24) is 19.6 Å². The van der Waals surface area contributed by atoms with Crippen LogP contribution in [0.4, 0.5) is 5.69 Å². The number of aromatic nitrogens is 4. The van der Waals surface area contributed by atoms with Crippen molar-refractivity contribution in [1.29, 1.82) is 0 Å². The van der Waals surface area contributed by atoms with Crippen LogP contribution in [0.25, 0.3) is 17.0 Å². The van der Waals surface area contributed by atoms with Gasteiger partial charge in [0.25, 0.3) is 0 Å². The highest BCUT2D eigenvalue weighted by Gasteiger charge is 2.16. The zero-order valence-electron chi connectivity index (χ0n) is 9.09. The topological polar surface area (TPSA) is 86.2 Å². The maximum Gasteiger partial charge on any atom is 0.313 e. The SMILES string of the molecule is O=[N+]([O-])c1cccn2nc(-c3ccncc3)nc12. The van der Waals surface area contributed by atoms with Gasteiger partial charge in [-0.1, -0.05) is 0 Å². The average molecular weight is 241 g/mol. The number of nitrogens with zero attached hydrogens (tertiary/aromatic N) is 5. The third-order valence-corrected chi connectivity index (χ3v) is 2.48. The molecule has 3 aromatic heterocycles. The number of rotatable bonds is 2. The fourth-order valence-electron chi connectivity index (χ4n) is 1.66. The molecule has 3 rings (SSSR count). The predicted octanol–water partition coefficient (Wildman–Crippen LogP) is 1.70. The fourth-order valence-corrected chi connectivity index (χ4v) is 1.66. The molecule has 0 aliphatic rings. The molecule has 0 atom stereocenters. The number of pyridine rings is 2. The summed E-state index contributed by atoms with van der Waals surface area (Å²) in [7, 11) is 0. The first-order valence-corrected chi connectivity index (χ1v) is 5.16. The van der Waals surface area contributed by atoms with Gasteiger partial charge >= 0.3 is 5.69 Å².